The minimum Gasteiger partial charge on any atom is -0.496 e. The molecule has 0 fully saturated rings. The Morgan fingerprint density at radius 3 is 2.35 bits per heavy atom. The molecule has 0 radical (unpaired) electrons. The smallest absolute Gasteiger partial charge is 0.332 e. The maximum Gasteiger partial charge on any atom is 0.332 e. The van der Waals surface area contributed by atoms with Gasteiger partial charge in [-0.15, -0.1) is 0 Å². The number of H-pyrrole nitrogens is 1. The first kappa shape index (κ1) is 21.9. The van der Waals surface area contributed by atoms with Crippen LogP contribution in [0.2, 0.25) is 0 Å². The number of hydrogen-bond acceptors (Lipinski definition) is 5. The Labute approximate surface area is 179 Å². The van der Waals surface area contributed by atoms with Gasteiger partial charge in [-0.2, -0.15) is 0 Å². The molecule has 0 unspecified atom stereocenters. The van der Waals surface area contributed by atoms with Gasteiger partial charge in [0.15, 0.2) is 0 Å². The van der Waals surface area contributed by atoms with Crippen LogP contribution >= 0.6 is 0 Å². The second kappa shape index (κ2) is 8.51. The number of aromatic amines is 1. The Balaban J connectivity index is 2.21. The van der Waals surface area contributed by atoms with E-state index in [1.54, 1.807) is 36.4 Å². The summed E-state index contributed by atoms with van der Waals surface area (Å²) >= 11 is 0. The van der Waals surface area contributed by atoms with Crippen molar-refractivity contribution in [2.75, 3.05) is 19.5 Å². The fraction of sp³-hybridized carbons (Fsp3) is 0.261. The highest BCUT2D eigenvalue weighted by molar-refractivity contribution is 6.07. The fourth-order valence-corrected chi connectivity index (χ4v) is 3.26. The predicted octanol–water partition coefficient (Wildman–Crippen LogP) is 3.09. The Morgan fingerprint density at radius 2 is 1.74 bits per heavy atom. The van der Waals surface area contributed by atoms with E-state index in [1.165, 1.54) is 31.0 Å². The molecule has 2 aromatic carbocycles. The van der Waals surface area contributed by atoms with Crippen LogP contribution in [0, 0.1) is 0 Å². The molecule has 0 aliphatic rings. The van der Waals surface area contributed by atoms with Crippen LogP contribution in [0.15, 0.2) is 58.3 Å². The maximum atomic E-state index is 13.3. The summed E-state index contributed by atoms with van der Waals surface area (Å²) in [5, 5.41) is 2.84. The van der Waals surface area contributed by atoms with Crippen LogP contribution in [0.1, 0.15) is 36.7 Å². The number of aromatic nitrogens is 2. The number of carbonyl (C=O) groups excluding carboxylic acids is 1. The molecule has 8 nitrogen and oxygen atoms in total. The van der Waals surface area contributed by atoms with Crippen molar-refractivity contribution >= 4 is 11.6 Å². The Kier molecular flexibility index (Phi) is 6.01. The van der Waals surface area contributed by atoms with Gasteiger partial charge in [0.25, 0.3) is 11.5 Å². The molecule has 0 saturated heterocycles. The first-order chi connectivity index (χ1) is 14.7. The third kappa shape index (κ3) is 4.53. The Morgan fingerprint density at radius 1 is 1.03 bits per heavy atom. The van der Waals surface area contributed by atoms with Gasteiger partial charge in [0.1, 0.15) is 11.5 Å². The van der Waals surface area contributed by atoms with Crippen LogP contribution in [0.25, 0.3) is 5.69 Å². The average Bonchev–Trinajstić information content (AvgIpc) is 2.72. The lowest BCUT2D eigenvalue weighted by molar-refractivity contribution is 0.102. The van der Waals surface area contributed by atoms with Gasteiger partial charge in [0, 0.05) is 17.8 Å². The van der Waals surface area contributed by atoms with Crippen molar-refractivity contribution < 1.29 is 14.3 Å². The van der Waals surface area contributed by atoms with Gasteiger partial charge in [-0.05, 0) is 29.7 Å². The molecule has 162 valence electrons. The van der Waals surface area contributed by atoms with E-state index in [0.29, 0.717) is 22.9 Å². The zero-order valence-corrected chi connectivity index (χ0v) is 18.1. The lowest BCUT2D eigenvalue weighted by Crippen LogP contribution is -2.28. The molecule has 3 rings (SSSR count). The number of rotatable bonds is 5. The van der Waals surface area contributed by atoms with Gasteiger partial charge >= 0.3 is 5.69 Å². The molecular formula is C23H25N3O5. The molecule has 3 aromatic rings. The van der Waals surface area contributed by atoms with E-state index in [0.717, 1.165) is 5.56 Å². The van der Waals surface area contributed by atoms with Gasteiger partial charge in [-0.25, -0.2) is 4.79 Å². The number of benzene rings is 2. The molecule has 0 aliphatic heterocycles. The molecule has 0 spiro atoms. The van der Waals surface area contributed by atoms with E-state index in [9.17, 15) is 14.4 Å². The van der Waals surface area contributed by atoms with Crippen LogP contribution in [0.4, 0.5) is 5.69 Å². The number of anilines is 1. The molecule has 2 N–H and O–H groups in total. The fourth-order valence-electron chi connectivity index (χ4n) is 3.26. The van der Waals surface area contributed by atoms with Crippen molar-refractivity contribution in [3.63, 3.8) is 0 Å². The first-order valence-corrected chi connectivity index (χ1v) is 9.65. The minimum absolute atomic E-state index is 0.244. The number of nitrogens with one attached hydrogen (secondary N) is 2. The predicted molar refractivity (Wildman–Crippen MR) is 119 cm³/mol. The summed E-state index contributed by atoms with van der Waals surface area (Å²) in [7, 11) is 3.02. The normalized spacial score (nSPS) is 11.1. The van der Waals surface area contributed by atoms with Crippen molar-refractivity contribution in [1.82, 2.24) is 9.55 Å². The summed E-state index contributed by atoms with van der Waals surface area (Å²) in [4.78, 5) is 39.3. The average molecular weight is 423 g/mol. The van der Waals surface area contributed by atoms with Gasteiger partial charge in [0.2, 0.25) is 0 Å². The summed E-state index contributed by atoms with van der Waals surface area (Å²) in [6.07, 6.45) is 1.37. The molecule has 8 heteroatoms. The summed E-state index contributed by atoms with van der Waals surface area (Å²) in [6, 6.07) is 11.6. The third-order valence-corrected chi connectivity index (χ3v) is 4.79. The Hall–Kier alpha value is -3.81. The zero-order valence-electron chi connectivity index (χ0n) is 18.1. The highest BCUT2D eigenvalue weighted by Gasteiger charge is 2.26. The van der Waals surface area contributed by atoms with Crippen molar-refractivity contribution in [2.45, 2.75) is 26.2 Å². The van der Waals surface area contributed by atoms with E-state index in [-0.39, 0.29) is 5.56 Å². The van der Waals surface area contributed by atoms with Crippen LogP contribution in [0.3, 0.4) is 0 Å². The molecule has 31 heavy (non-hydrogen) atoms. The molecule has 1 amide bonds. The zero-order chi connectivity index (χ0) is 22.8. The van der Waals surface area contributed by atoms with Crippen molar-refractivity contribution in [1.29, 1.82) is 0 Å². The van der Waals surface area contributed by atoms with E-state index in [4.69, 9.17) is 9.47 Å². The molecule has 1 aromatic heterocycles. The summed E-state index contributed by atoms with van der Waals surface area (Å²) in [5.41, 5.74) is 0.406. The van der Waals surface area contributed by atoms with Crippen LogP contribution < -0.4 is 26.0 Å². The Bertz CT molecular complexity index is 1230. The van der Waals surface area contributed by atoms with Crippen LogP contribution in [-0.4, -0.2) is 29.7 Å². The molecule has 0 atom stereocenters. The molecule has 0 saturated carbocycles. The number of nitrogens with zero attached hydrogens (tertiary/aromatic N) is 1. The topological polar surface area (TPSA) is 102 Å². The third-order valence-electron chi connectivity index (χ3n) is 4.79. The highest BCUT2D eigenvalue weighted by Crippen LogP contribution is 2.37. The number of amides is 1. The first-order valence-electron chi connectivity index (χ1n) is 9.65. The van der Waals surface area contributed by atoms with Crippen LogP contribution in [0.5, 0.6) is 11.5 Å². The van der Waals surface area contributed by atoms with E-state index in [1.807, 2.05) is 20.8 Å². The summed E-state index contributed by atoms with van der Waals surface area (Å²) in [5.74, 6) is 0.492. The second-order valence-corrected chi connectivity index (χ2v) is 7.96. The van der Waals surface area contributed by atoms with Gasteiger partial charge in [0.05, 0.1) is 31.2 Å². The number of hydrogen-bond donors (Lipinski definition) is 2. The lowest BCUT2D eigenvalue weighted by atomic mass is 9.84. The largest absolute Gasteiger partial charge is 0.496 e. The number of carbonyl (C=O) groups is 1. The number of methoxy groups -OCH3 is 2. The van der Waals surface area contributed by atoms with E-state index in [2.05, 4.69) is 10.3 Å². The maximum absolute atomic E-state index is 13.3. The molecule has 0 bridgehead atoms. The van der Waals surface area contributed by atoms with Crippen molar-refractivity contribution in [3.8, 4) is 17.2 Å². The lowest BCUT2D eigenvalue weighted by Gasteiger charge is -2.25. The van der Waals surface area contributed by atoms with Crippen LogP contribution in [-0.2, 0) is 5.41 Å². The minimum atomic E-state index is -0.603. The summed E-state index contributed by atoms with van der Waals surface area (Å²) in [6.45, 7) is 5.94. The second-order valence-electron chi connectivity index (χ2n) is 7.96. The summed E-state index contributed by atoms with van der Waals surface area (Å²) < 4.78 is 12.2. The van der Waals surface area contributed by atoms with Gasteiger partial charge < -0.3 is 14.8 Å². The quantitative estimate of drug-likeness (QED) is 0.657. The van der Waals surface area contributed by atoms with E-state index >= 15 is 0 Å². The molecule has 0 aliphatic carbocycles. The molecule has 1 heterocycles. The van der Waals surface area contributed by atoms with Gasteiger partial charge in [-0.3, -0.25) is 19.1 Å². The number of ether oxygens (including phenoxy) is 2. The standard InChI is InChI=1S/C23H25N3O5/c1-23(2,3)16-13-14(26-11-10-19(27)25-22(26)29)12-15(20(16)31-5)21(28)24-17-8-6-7-9-18(17)30-4/h6-13H,1-5H3,(H,24,28)(H,25,27,29). The SMILES string of the molecule is COc1ccccc1NC(=O)c1cc(-n2ccc(=O)[nH]c2=O)cc(C(C)(C)C)c1OC. The highest BCUT2D eigenvalue weighted by atomic mass is 16.5. The monoisotopic (exact) mass is 423 g/mol. The van der Waals surface area contributed by atoms with Crippen molar-refractivity contribution in [2.24, 2.45) is 0 Å². The number of para-hydroxylation sites is 2. The molecular weight excluding hydrogens is 398 g/mol. The van der Waals surface area contributed by atoms with E-state index < -0.39 is 22.6 Å². The van der Waals surface area contributed by atoms with Gasteiger partial charge in [-0.1, -0.05) is 32.9 Å². The van der Waals surface area contributed by atoms with Crippen molar-refractivity contribution in [3.05, 3.63) is 80.6 Å².